The number of piperazine rings is 1. The van der Waals surface area contributed by atoms with Crippen molar-refractivity contribution >= 4 is 34.6 Å². The standard InChI is InChI=1S/C15H17N5O2S/c1-23-14-17-8-11-12(18-14)2-4-16-13(11)19-5-6-20-10(9-19)3-7-22-15(20)21/h2,4,8,10H,3,5-7,9H2,1H3. The zero-order chi connectivity index (χ0) is 15.8. The molecule has 2 aromatic rings. The van der Waals surface area contributed by atoms with Crippen LogP contribution in [-0.4, -0.2) is 64.5 Å². The highest BCUT2D eigenvalue weighted by Gasteiger charge is 2.35. The molecule has 2 aliphatic rings. The zero-order valence-electron chi connectivity index (χ0n) is 12.8. The van der Waals surface area contributed by atoms with Crippen molar-refractivity contribution in [1.82, 2.24) is 19.9 Å². The molecular weight excluding hydrogens is 314 g/mol. The second kappa shape index (κ2) is 5.84. The van der Waals surface area contributed by atoms with Gasteiger partial charge in [-0.05, 0) is 12.3 Å². The lowest BCUT2D eigenvalue weighted by Crippen LogP contribution is -2.58. The third kappa shape index (κ3) is 2.56. The van der Waals surface area contributed by atoms with Crippen LogP contribution in [0.15, 0.2) is 23.6 Å². The molecule has 0 bridgehead atoms. The Kier molecular flexibility index (Phi) is 3.68. The molecule has 4 rings (SSSR count). The molecule has 2 fully saturated rings. The van der Waals surface area contributed by atoms with Gasteiger partial charge in [-0.15, -0.1) is 0 Å². The molecule has 2 aromatic heterocycles. The Balaban J connectivity index is 1.66. The maximum atomic E-state index is 11.8. The lowest BCUT2D eigenvalue weighted by molar-refractivity contribution is 0.0398. The lowest BCUT2D eigenvalue weighted by atomic mass is 10.1. The maximum absolute atomic E-state index is 11.8. The van der Waals surface area contributed by atoms with Crippen molar-refractivity contribution in [3.05, 3.63) is 18.5 Å². The Hall–Kier alpha value is -2.09. The molecule has 0 aliphatic carbocycles. The van der Waals surface area contributed by atoms with Gasteiger partial charge in [0.1, 0.15) is 5.82 Å². The van der Waals surface area contributed by atoms with E-state index in [1.54, 1.807) is 6.20 Å². The Morgan fingerprint density at radius 1 is 1.35 bits per heavy atom. The van der Waals surface area contributed by atoms with Gasteiger partial charge in [0.05, 0.1) is 23.6 Å². The van der Waals surface area contributed by atoms with E-state index in [4.69, 9.17) is 4.74 Å². The van der Waals surface area contributed by atoms with E-state index in [1.165, 1.54) is 11.8 Å². The fraction of sp³-hybridized carbons (Fsp3) is 0.467. The summed E-state index contributed by atoms with van der Waals surface area (Å²) < 4.78 is 5.11. The largest absolute Gasteiger partial charge is 0.449 e. The Bertz CT molecular complexity index is 756. The third-order valence-corrected chi connectivity index (χ3v) is 4.90. The Labute approximate surface area is 138 Å². The van der Waals surface area contributed by atoms with E-state index in [-0.39, 0.29) is 12.1 Å². The van der Waals surface area contributed by atoms with Crippen LogP contribution in [0.1, 0.15) is 6.42 Å². The number of rotatable bonds is 2. The minimum Gasteiger partial charge on any atom is -0.449 e. The molecule has 0 radical (unpaired) electrons. The van der Waals surface area contributed by atoms with Gasteiger partial charge in [-0.1, -0.05) is 11.8 Å². The van der Waals surface area contributed by atoms with Gasteiger partial charge in [-0.2, -0.15) is 0 Å². The molecule has 2 saturated heterocycles. The predicted molar refractivity (Wildman–Crippen MR) is 87.8 cm³/mol. The molecule has 0 spiro atoms. The molecule has 1 atom stereocenters. The number of hydrogen-bond donors (Lipinski definition) is 0. The number of carbonyl (C=O) groups excluding carboxylic acids is 1. The summed E-state index contributed by atoms with van der Waals surface area (Å²) in [6, 6.07) is 2.10. The molecule has 0 saturated carbocycles. The number of anilines is 1. The number of nitrogens with zero attached hydrogens (tertiary/aromatic N) is 5. The van der Waals surface area contributed by atoms with Crippen LogP contribution < -0.4 is 4.90 Å². The monoisotopic (exact) mass is 331 g/mol. The van der Waals surface area contributed by atoms with Gasteiger partial charge in [0.15, 0.2) is 5.16 Å². The quantitative estimate of drug-likeness (QED) is 0.613. The van der Waals surface area contributed by atoms with E-state index in [0.29, 0.717) is 13.2 Å². The highest BCUT2D eigenvalue weighted by atomic mass is 32.2. The van der Waals surface area contributed by atoms with Crippen LogP contribution in [0.25, 0.3) is 10.9 Å². The molecule has 1 amide bonds. The van der Waals surface area contributed by atoms with E-state index in [1.807, 2.05) is 23.4 Å². The summed E-state index contributed by atoms with van der Waals surface area (Å²) >= 11 is 1.53. The average Bonchev–Trinajstić information content (AvgIpc) is 2.60. The highest BCUT2D eigenvalue weighted by molar-refractivity contribution is 7.98. The second-order valence-electron chi connectivity index (χ2n) is 5.62. The number of ether oxygens (including phenoxy) is 1. The van der Waals surface area contributed by atoms with Crippen molar-refractivity contribution in [3.63, 3.8) is 0 Å². The van der Waals surface area contributed by atoms with Crippen LogP contribution in [0.3, 0.4) is 0 Å². The fourth-order valence-corrected chi connectivity index (χ4v) is 3.52. The van der Waals surface area contributed by atoms with E-state index in [0.717, 1.165) is 41.4 Å². The topological polar surface area (TPSA) is 71.5 Å². The first-order valence-electron chi connectivity index (χ1n) is 7.60. The van der Waals surface area contributed by atoms with Gasteiger partial charge in [0.2, 0.25) is 0 Å². The van der Waals surface area contributed by atoms with Crippen LogP contribution in [0, 0.1) is 0 Å². The predicted octanol–water partition coefficient (Wildman–Crippen LogP) is 1.78. The minimum atomic E-state index is -0.195. The van der Waals surface area contributed by atoms with Gasteiger partial charge < -0.3 is 14.5 Å². The van der Waals surface area contributed by atoms with Gasteiger partial charge in [0.25, 0.3) is 0 Å². The summed E-state index contributed by atoms with van der Waals surface area (Å²) in [6.45, 7) is 2.66. The summed E-state index contributed by atoms with van der Waals surface area (Å²) in [7, 11) is 0. The summed E-state index contributed by atoms with van der Waals surface area (Å²) in [5.74, 6) is 0.897. The minimum absolute atomic E-state index is 0.188. The van der Waals surface area contributed by atoms with Gasteiger partial charge in [-0.3, -0.25) is 0 Å². The van der Waals surface area contributed by atoms with Gasteiger partial charge >= 0.3 is 6.09 Å². The van der Waals surface area contributed by atoms with Crippen LogP contribution >= 0.6 is 11.8 Å². The number of carbonyl (C=O) groups is 1. The van der Waals surface area contributed by atoms with Gasteiger partial charge in [-0.25, -0.2) is 19.7 Å². The molecule has 0 N–H and O–H groups in total. The van der Waals surface area contributed by atoms with E-state index in [2.05, 4.69) is 19.9 Å². The highest BCUT2D eigenvalue weighted by Crippen LogP contribution is 2.27. The van der Waals surface area contributed by atoms with Crippen molar-refractivity contribution in [1.29, 1.82) is 0 Å². The van der Waals surface area contributed by atoms with Crippen LogP contribution in [0.5, 0.6) is 0 Å². The van der Waals surface area contributed by atoms with Gasteiger partial charge in [0, 0.05) is 38.4 Å². The molecule has 1 unspecified atom stereocenters. The summed E-state index contributed by atoms with van der Waals surface area (Å²) in [5.41, 5.74) is 0.903. The summed E-state index contributed by atoms with van der Waals surface area (Å²) in [6.07, 6.45) is 6.26. The average molecular weight is 331 g/mol. The van der Waals surface area contributed by atoms with Crippen molar-refractivity contribution in [2.45, 2.75) is 17.6 Å². The maximum Gasteiger partial charge on any atom is 0.410 e. The fourth-order valence-electron chi connectivity index (χ4n) is 3.18. The number of thioether (sulfide) groups is 1. The van der Waals surface area contributed by atoms with E-state index < -0.39 is 0 Å². The first-order chi connectivity index (χ1) is 11.3. The molecule has 23 heavy (non-hydrogen) atoms. The molecule has 2 aliphatic heterocycles. The lowest BCUT2D eigenvalue weighted by Gasteiger charge is -2.43. The van der Waals surface area contributed by atoms with Crippen molar-refractivity contribution < 1.29 is 9.53 Å². The number of pyridine rings is 1. The van der Waals surface area contributed by atoms with Crippen LogP contribution in [0.4, 0.5) is 10.6 Å². The smallest absolute Gasteiger partial charge is 0.410 e. The molecule has 0 aromatic carbocycles. The Morgan fingerprint density at radius 3 is 3.13 bits per heavy atom. The van der Waals surface area contributed by atoms with E-state index in [9.17, 15) is 4.79 Å². The molecular formula is C15H17N5O2S. The van der Waals surface area contributed by atoms with Crippen LogP contribution in [0.2, 0.25) is 0 Å². The van der Waals surface area contributed by atoms with Crippen LogP contribution in [-0.2, 0) is 4.74 Å². The van der Waals surface area contributed by atoms with Crippen molar-refractivity contribution in [2.24, 2.45) is 0 Å². The van der Waals surface area contributed by atoms with E-state index >= 15 is 0 Å². The third-order valence-electron chi connectivity index (χ3n) is 4.34. The number of cyclic esters (lactones) is 1. The molecule has 8 heteroatoms. The summed E-state index contributed by atoms with van der Waals surface area (Å²) in [5, 5.41) is 1.71. The first-order valence-corrected chi connectivity index (χ1v) is 8.83. The molecule has 7 nitrogen and oxygen atoms in total. The Morgan fingerprint density at radius 2 is 2.26 bits per heavy atom. The zero-order valence-corrected chi connectivity index (χ0v) is 13.6. The number of aromatic nitrogens is 3. The molecule has 4 heterocycles. The SMILES string of the molecule is CSc1ncc2c(N3CCN4C(=O)OCCC4C3)nccc2n1. The van der Waals surface area contributed by atoms with Crippen molar-refractivity contribution in [2.75, 3.05) is 37.4 Å². The first kappa shape index (κ1) is 14.5. The number of fused-ring (bicyclic) bond motifs is 2. The summed E-state index contributed by atoms with van der Waals surface area (Å²) in [4.78, 5) is 29.3. The normalized spacial score (nSPS) is 21.3. The number of hydrogen-bond acceptors (Lipinski definition) is 7. The second-order valence-corrected chi connectivity index (χ2v) is 6.39. The number of amides is 1. The van der Waals surface area contributed by atoms with Crippen molar-refractivity contribution in [3.8, 4) is 0 Å². The molecule has 120 valence electrons.